The van der Waals surface area contributed by atoms with Gasteiger partial charge < -0.3 is 16.4 Å². The summed E-state index contributed by atoms with van der Waals surface area (Å²) in [5, 5.41) is 5.74. The summed E-state index contributed by atoms with van der Waals surface area (Å²) in [7, 11) is 1.88. The third kappa shape index (κ3) is 3.16. The highest BCUT2D eigenvalue weighted by atomic mass is 16.1. The van der Waals surface area contributed by atoms with Gasteiger partial charge in [0.2, 0.25) is 5.91 Å². The molecule has 1 aromatic carbocycles. The van der Waals surface area contributed by atoms with Gasteiger partial charge in [0.05, 0.1) is 6.54 Å². The minimum absolute atomic E-state index is 0.0102. The summed E-state index contributed by atoms with van der Waals surface area (Å²) in [5.41, 5.74) is 7.10. The summed E-state index contributed by atoms with van der Waals surface area (Å²) in [4.78, 5) is 11.0. The van der Waals surface area contributed by atoms with Crippen molar-refractivity contribution in [2.24, 2.45) is 5.73 Å². The van der Waals surface area contributed by atoms with Crippen LogP contribution in [-0.2, 0) is 11.3 Å². The minimum Gasteiger partial charge on any atom is -0.325 e. The molecule has 0 saturated heterocycles. The molecule has 0 aliphatic carbocycles. The van der Waals surface area contributed by atoms with Crippen molar-refractivity contribution in [3.05, 3.63) is 29.8 Å². The van der Waals surface area contributed by atoms with Gasteiger partial charge in [0.25, 0.3) is 0 Å². The van der Waals surface area contributed by atoms with E-state index in [1.807, 2.05) is 31.3 Å². The molecule has 0 aromatic heterocycles. The Balaban J connectivity index is 2.68. The summed E-state index contributed by atoms with van der Waals surface area (Å²) < 4.78 is 0. The van der Waals surface area contributed by atoms with Crippen LogP contribution in [0.3, 0.4) is 0 Å². The predicted molar refractivity (Wildman–Crippen MR) is 56.9 cm³/mol. The first kappa shape index (κ1) is 10.7. The van der Waals surface area contributed by atoms with Gasteiger partial charge in [-0.05, 0) is 24.7 Å². The maximum atomic E-state index is 11.0. The summed E-state index contributed by atoms with van der Waals surface area (Å²) in [5.74, 6) is -0.174. The molecule has 0 atom stereocenters. The smallest absolute Gasteiger partial charge is 0.238 e. The van der Waals surface area contributed by atoms with E-state index in [4.69, 9.17) is 5.73 Å². The molecule has 0 fully saturated rings. The Labute approximate surface area is 83.5 Å². The lowest BCUT2D eigenvalue weighted by atomic mass is 10.2. The third-order valence-electron chi connectivity index (χ3n) is 1.78. The number of nitrogens with two attached hydrogens (primary N) is 1. The molecule has 0 radical (unpaired) electrons. The highest BCUT2D eigenvalue weighted by Gasteiger charge is 1.99. The Morgan fingerprint density at radius 3 is 2.93 bits per heavy atom. The highest BCUT2D eigenvalue weighted by Crippen LogP contribution is 2.09. The second kappa shape index (κ2) is 5.36. The largest absolute Gasteiger partial charge is 0.325 e. The fraction of sp³-hybridized carbons (Fsp3) is 0.300. The van der Waals surface area contributed by atoms with Crippen LogP contribution in [-0.4, -0.2) is 19.5 Å². The lowest BCUT2D eigenvalue weighted by Gasteiger charge is -2.05. The molecule has 0 aliphatic rings. The number of amides is 1. The van der Waals surface area contributed by atoms with E-state index in [9.17, 15) is 4.79 Å². The molecule has 0 saturated carbocycles. The Hall–Kier alpha value is -1.39. The molecule has 0 unspecified atom stereocenters. The van der Waals surface area contributed by atoms with Gasteiger partial charge in [0.15, 0.2) is 0 Å². The van der Waals surface area contributed by atoms with Crippen LogP contribution in [0.5, 0.6) is 0 Å². The molecule has 4 heteroatoms. The summed E-state index contributed by atoms with van der Waals surface area (Å²) >= 11 is 0. The second-order valence-electron chi connectivity index (χ2n) is 2.98. The molecule has 0 bridgehead atoms. The fourth-order valence-corrected chi connectivity index (χ4v) is 1.18. The van der Waals surface area contributed by atoms with E-state index in [1.54, 1.807) is 0 Å². The molecule has 14 heavy (non-hydrogen) atoms. The quantitative estimate of drug-likeness (QED) is 0.644. The SMILES string of the molecule is CNCc1cccc(NC(=O)CN)c1. The molecule has 4 N–H and O–H groups in total. The number of rotatable bonds is 4. The van der Waals surface area contributed by atoms with E-state index in [0.29, 0.717) is 0 Å². The van der Waals surface area contributed by atoms with Crippen molar-refractivity contribution in [3.8, 4) is 0 Å². The number of benzene rings is 1. The van der Waals surface area contributed by atoms with E-state index in [1.165, 1.54) is 0 Å². The Morgan fingerprint density at radius 2 is 2.29 bits per heavy atom. The van der Waals surface area contributed by atoms with Crippen LogP contribution < -0.4 is 16.4 Å². The molecule has 0 aliphatic heterocycles. The molecule has 4 nitrogen and oxygen atoms in total. The van der Waals surface area contributed by atoms with Crippen LogP contribution in [0.2, 0.25) is 0 Å². The van der Waals surface area contributed by atoms with E-state index in [0.717, 1.165) is 17.8 Å². The van der Waals surface area contributed by atoms with Crippen LogP contribution in [0.1, 0.15) is 5.56 Å². The van der Waals surface area contributed by atoms with Gasteiger partial charge in [-0.3, -0.25) is 4.79 Å². The lowest BCUT2D eigenvalue weighted by molar-refractivity contribution is -0.114. The molecule has 76 valence electrons. The maximum Gasteiger partial charge on any atom is 0.238 e. The lowest BCUT2D eigenvalue weighted by Crippen LogP contribution is -2.21. The summed E-state index contributed by atoms with van der Waals surface area (Å²) in [6, 6.07) is 7.66. The number of carbonyl (C=O) groups excluding carboxylic acids is 1. The molecular formula is C10H15N3O. The normalized spacial score (nSPS) is 9.86. The standard InChI is InChI=1S/C10H15N3O/c1-12-7-8-3-2-4-9(5-8)13-10(14)6-11/h2-5,12H,6-7,11H2,1H3,(H,13,14). The number of nitrogens with one attached hydrogen (secondary N) is 2. The monoisotopic (exact) mass is 193 g/mol. The van der Waals surface area contributed by atoms with Crippen molar-refractivity contribution in [1.29, 1.82) is 0 Å². The summed E-state index contributed by atoms with van der Waals surface area (Å²) in [6.07, 6.45) is 0. The van der Waals surface area contributed by atoms with Crippen molar-refractivity contribution in [2.75, 3.05) is 18.9 Å². The molecule has 1 rings (SSSR count). The number of anilines is 1. The van der Waals surface area contributed by atoms with Crippen molar-refractivity contribution >= 4 is 11.6 Å². The molecule has 0 spiro atoms. The topological polar surface area (TPSA) is 67.1 Å². The Kier molecular flexibility index (Phi) is 4.10. The van der Waals surface area contributed by atoms with Crippen LogP contribution in [0, 0.1) is 0 Å². The summed E-state index contributed by atoms with van der Waals surface area (Å²) in [6.45, 7) is 0.794. The van der Waals surface area contributed by atoms with Crippen LogP contribution in [0.15, 0.2) is 24.3 Å². The van der Waals surface area contributed by atoms with E-state index in [2.05, 4.69) is 10.6 Å². The first-order valence-electron chi connectivity index (χ1n) is 4.49. The number of hydrogen-bond donors (Lipinski definition) is 3. The van der Waals surface area contributed by atoms with E-state index < -0.39 is 0 Å². The average molecular weight is 193 g/mol. The first-order valence-corrected chi connectivity index (χ1v) is 4.49. The Morgan fingerprint density at radius 1 is 1.50 bits per heavy atom. The zero-order valence-electron chi connectivity index (χ0n) is 8.21. The third-order valence-corrected chi connectivity index (χ3v) is 1.78. The zero-order valence-corrected chi connectivity index (χ0v) is 8.21. The van der Waals surface area contributed by atoms with Gasteiger partial charge >= 0.3 is 0 Å². The van der Waals surface area contributed by atoms with Gasteiger partial charge in [0.1, 0.15) is 0 Å². The van der Waals surface area contributed by atoms with Gasteiger partial charge in [-0.1, -0.05) is 12.1 Å². The highest BCUT2D eigenvalue weighted by molar-refractivity contribution is 5.92. The average Bonchev–Trinajstić information content (AvgIpc) is 2.19. The van der Waals surface area contributed by atoms with Gasteiger partial charge in [0, 0.05) is 12.2 Å². The van der Waals surface area contributed by atoms with Crippen LogP contribution >= 0.6 is 0 Å². The minimum atomic E-state index is -0.174. The van der Waals surface area contributed by atoms with E-state index in [-0.39, 0.29) is 12.5 Å². The Bertz CT molecular complexity index is 312. The second-order valence-corrected chi connectivity index (χ2v) is 2.98. The van der Waals surface area contributed by atoms with Gasteiger partial charge in [-0.25, -0.2) is 0 Å². The van der Waals surface area contributed by atoms with Crippen molar-refractivity contribution in [2.45, 2.75) is 6.54 Å². The van der Waals surface area contributed by atoms with Crippen molar-refractivity contribution in [3.63, 3.8) is 0 Å². The number of hydrogen-bond acceptors (Lipinski definition) is 3. The maximum absolute atomic E-state index is 11.0. The van der Waals surface area contributed by atoms with Crippen LogP contribution in [0.4, 0.5) is 5.69 Å². The van der Waals surface area contributed by atoms with Gasteiger partial charge in [-0.15, -0.1) is 0 Å². The molecule has 1 amide bonds. The van der Waals surface area contributed by atoms with Gasteiger partial charge in [-0.2, -0.15) is 0 Å². The molecule has 0 heterocycles. The molecular weight excluding hydrogens is 178 g/mol. The van der Waals surface area contributed by atoms with Crippen LogP contribution in [0.25, 0.3) is 0 Å². The molecule has 1 aromatic rings. The first-order chi connectivity index (χ1) is 6.76. The van der Waals surface area contributed by atoms with Crippen molar-refractivity contribution < 1.29 is 4.79 Å². The number of carbonyl (C=O) groups is 1. The zero-order chi connectivity index (χ0) is 10.4. The fourth-order valence-electron chi connectivity index (χ4n) is 1.18. The predicted octanol–water partition coefficient (Wildman–Crippen LogP) is 0.303. The van der Waals surface area contributed by atoms with Crippen molar-refractivity contribution in [1.82, 2.24) is 5.32 Å². The van der Waals surface area contributed by atoms with E-state index >= 15 is 0 Å².